The van der Waals surface area contributed by atoms with Crippen molar-refractivity contribution in [3.63, 3.8) is 0 Å². The highest BCUT2D eigenvalue weighted by atomic mass is 19.4. The predicted molar refractivity (Wildman–Crippen MR) is 58.3 cm³/mol. The summed E-state index contributed by atoms with van der Waals surface area (Å²) in [6.07, 6.45) is -3.31. The molecule has 0 spiro atoms. The van der Waals surface area contributed by atoms with Crippen molar-refractivity contribution in [1.82, 2.24) is 4.90 Å². The number of nitrogens with zero attached hydrogens (tertiary/aromatic N) is 1. The Bertz CT molecular complexity index is 270. The number of alkyl halides is 3. The lowest BCUT2D eigenvalue weighted by molar-refractivity contribution is -0.233. The Hall–Kier alpha value is -0.780. The molecule has 0 bridgehead atoms. The van der Waals surface area contributed by atoms with Crippen LogP contribution in [0.15, 0.2) is 0 Å². The Labute approximate surface area is 99.1 Å². The minimum absolute atomic E-state index is 0.0553. The molecule has 6 heteroatoms. The van der Waals surface area contributed by atoms with Gasteiger partial charge in [0.15, 0.2) is 0 Å². The van der Waals surface area contributed by atoms with Gasteiger partial charge in [-0.2, -0.15) is 13.2 Å². The highest BCUT2D eigenvalue weighted by Gasteiger charge is 2.54. The molecule has 0 radical (unpaired) electrons. The average Bonchev–Trinajstić information content (AvgIpc) is 2.28. The molecule has 1 aliphatic rings. The van der Waals surface area contributed by atoms with Gasteiger partial charge in [-0.3, -0.25) is 4.79 Å². The summed E-state index contributed by atoms with van der Waals surface area (Å²) in [5.74, 6) is -0.0553. The molecule has 1 aliphatic heterocycles. The number of rotatable bonds is 3. The van der Waals surface area contributed by atoms with E-state index in [1.165, 1.54) is 4.90 Å². The average molecular weight is 252 g/mol. The summed E-state index contributed by atoms with van der Waals surface area (Å²) >= 11 is 0. The smallest absolute Gasteiger partial charge is 0.343 e. The maximum atomic E-state index is 12.9. The van der Waals surface area contributed by atoms with Gasteiger partial charge in [-0.05, 0) is 19.3 Å². The first-order valence-corrected chi connectivity index (χ1v) is 5.91. The molecule has 0 saturated carbocycles. The van der Waals surface area contributed by atoms with Crippen molar-refractivity contribution >= 4 is 5.91 Å². The molecular formula is C11H19F3N2O. The Balaban J connectivity index is 2.63. The van der Waals surface area contributed by atoms with Gasteiger partial charge in [0.1, 0.15) is 0 Å². The molecule has 0 unspecified atom stereocenters. The number of likely N-dealkylation sites (tertiary alicyclic amines) is 1. The molecule has 1 heterocycles. The zero-order valence-electron chi connectivity index (χ0n) is 10.0. The summed E-state index contributed by atoms with van der Waals surface area (Å²) in [6.45, 7) is 1.80. The second kappa shape index (κ2) is 5.25. The molecule has 100 valence electrons. The van der Waals surface area contributed by atoms with Crippen molar-refractivity contribution in [1.29, 1.82) is 0 Å². The molecule has 1 saturated heterocycles. The van der Waals surface area contributed by atoms with E-state index in [-0.39, 0.29) is 31.8 Å². The van der Waals surface area contributed by atoms with Gasteiger partial charge in [-0.25, -0.2) is 0 Å². The number of amides is 1. The molecule has 17 heavy (non-hydrogen) atoms. The van der Waals surface area contributed by atoms with Gasteiger partial charge in [0.2, 0.25) is 5.91 Å². The number of nitrogens with two attached hydrogens (primary N) is 1. The van der Waals surface area contributed by atoms with Gasteiger partial charge in [0.05, 0.1) is 5.41 Å². The lowest BCUT2D eigenvalue weighted by Crippen LogP contribution is -2.53. The number of carbonyl (C=O) groups excluding carboxylic acids is 1. The summed E-state index contributed by atoms with van der Waals surface area (Å²) < 4.78 is 38.7. The van der Waals surface area contributed by atoms with E-state index in [4.69, 9.17) is 5.73 Å². The molecule has 3 nitrogen and oxygen atoms in total. The molecule has 1 fully saturated rings. The van der Waals surface area contributed by atoms with Crippen molar-refractivity contribution < 1.29 is 18.0 Å². The first-order valence-electron chi connectivity index (χ1n) is 5.91. The minimum Gasteiger partial charge on any atom is -0.343 e. The second-order valence-corrected chi connectivity index (χ2v) is 4.61. The molecule has 0 aromatic carbocycles. The molecule has 0 aliphatic carbocycles. The molecule has 2 N–H and O–H groups in total. The summed E-state index contributed by atoms with van der Waals surface area (Å²) in [5.41, 5.74) is 3.49. The van der Waals surface area contributed by atoms with E-state index in [0.29, 0.717) is 6.42 Å². The van der Waals surface area contributed by atoms with E-state index >= 15 is 0 Å². The van der Waals surface area contributed by atoms with E-state index in [9.17, 15) is 18.0 Å². The summed E-state index contributed by atoms with van der Waals surface area (Å²) in [7, 11) is 0. The van der Waals surface area contributed by atoms with E-state index in [1.807, 2.05) is 6.92 Å². The topological polar surface area (TPSA) is 46.3 Å². The number of piperidine rings is 1. The van der Waals surface area contributed by atoms with E-state index < -0.39 is 18.1 Å². The van der Waals surface area contributed by atoms with Gasteiger partial charge in [-0.15, -0.1) is 0 Å². The van der Waals surface area contributed by atoms with Crippen molar-refractivity contribution in [3.8, 4) is 0 Å². The highest BCUT2D eigenvalue weighted by Crippen LogP contribution is 2.45. The van der Waals surface area contributed by atoms with Gasteiger partial charge in [-0.1, -0.05) is 6.92 Å². The monoisotopic (exact) mass is 252 g/mol. The van der Waals surface area contributed by atoms with Gasteiger partial charge in [0, 0.05) is 26.1 Å². The zero-order chi connectivity index (χ0) is 13.1. The standard InChI is InChI=1S/C11H19F3N2O/c1-2-3-9(17)16-6-4-10(8-15,5-7-16)11(12,13)14/h2-8,15H2,1H3. The van der Waals surface area contributed by atoms with Crippen LogP contribution in [0.3, 0.4) is 0 Å². The predicted octanol–water partition coefficient (Wildman–Crippen LogP) is 1.92. The fourth-order valence-electron chi connectivity index (χ4n) is 2.16. The van der Waals surface area contributed by atoms with Crippen LogP contribution in [0.4, 0.5) is 13.2 Å². The first kappa shape index (κ1) is 14.3. The Morgan fingerprint density at radius 2 is 1.88 bits per heavy atom. The maximum Gasteiger partial charge on any atom is 0.395 e. The molecule has 1 amide bonds. The second-order valence-electron chi connectivity index (χ2n) is 4.61. The van der Waals surface area contributed by atoms with Gasteiger partial charge >= 0.3 is 6.18 Å². The Kier molecular flexibility index (Phi) is 4.41. The van der Waals surface area contributed by atoms with Crippen LogP contribution in [0.5, 0.6) is 0 Å². The maximum absolute atomic E-state index is 12.9. The Morgan fingerprint density at radius 3 is 2.24 bits per heavy atom. The largest absolute Gasteiger partial charge is 0.395 e. The molecule has 0 aromatic heterocycles. The third-order valence-corrected chi connectivity index (χ3v) is 3.53. The van der Waals surface area contributed by atoms with E-state index in [1.54, 1.807) is 0 Å². The third kappa shape index (κ3) is 2.91. The van der Waals surface area contributed by atoms with E-state index in [2.05, 4.69) is 0 Å². The zero-order valence-corrected chi connectivity index (χ0v) is 10.0. The summed E-state index contributed by atoms with van der Waals surface area (Å²) in [5, 5.41) is 0. The van der Waals surface area contributed by atoms with Gasteiger partial charge < -0.3 is 10.6 Å². The number of carbonyl (C=O) groups is 1. The van der Waals surface area contributed by atoms with Crippen LogP contribution < -0.4 is 5.73 Å². The molecular weight excluding hydrogens is 233 g/mol. The number of hydrogen-bond donors (Lipinski definition) is 1. The molecule has 0 atom stereocenters. The summed E-state index contributed by atoms with van der Waals surface area (Å²) in [6, 6.07) is 0. The van der Waals surface area contributed by atoms with Crippen molar-refractivity contribution in [2.24, 2.45) is 11.1 Å². The van der Waals surface area contributed by atoms with Crippen molar-refractivity contribution in [2.75, 3.05) is 19.6 Å². The van der Waals surface area contributed by atoms with Crippen molar-refractivity contribution in [3.05, 3.63) is 0 Å². The fourth-order valence-corrected chi connectivity index (χ4v) is 2.16. The van der Waals surface area contributed by atoms with Crippen LogP contribution >= 0.6 is 0 Å². The van der Waals surface area contributed by atoms with E-state index in [0.717, 1.165) is 6.42 Å². The fraction of sp³-hybridized carbons (Fsp3) is 0.909. The number of hydrogen-bond acceptors (Lipinski definition) is 2. The Morgan fingerprint density at radius 1 is 1.35 bits per heavy atom. The van der Waals surface area contributed by atoms with Crippen LogP contribution in [0.2, 0.25) is 0 Å². The van der Waals surface area contributed by atoms with Crippen molar-refractivity contribution in [2.45, 2.75) is 38.8 Å². The third-order valence-electron chi connectivity index (χ3n) is 3.53. The van der Waals surface area contributed by atoms with Crippen LogP contribution in [0.25, 0.3) is 0 Å². The quantitative estimate of drug-likeness (QED) is 0.834. The van der Waals surface area contributed by atoms with Crippen LogP contribution in [0.1, 0.15) is 32.6 Å². The molecule has 1 rings (SSSR count). The minimum atomic E-state index is -4.28. The lowest BCUT2D eigenvalue weighted by Gasteiger charge is -2.42. The normalized spacial score (nSPS) is 20.4. The van der Waals surface area contributed by atoms with Gasteiger partial charge in [0.25, 0.3) is 0 Å². The van der Waals surface area contributed by atoms with Crippen LogP contribution in [-0.4, -0.2) is 36.6 Å². The highest BCUT2D eigenvalue weighted by molar-refractivity contribution is 5.76. The SMILES string of the molecule is CCCC(=O)N1CCC(CN)(C(F)(F)F)CC1. The van der Waals surface area contributed by atoms with Crippen LogP contribution in [-0.2, 0) is 4.79 Å². The number of halogens is 3. The first-order chi connectivity index (χ1) is 7.86. The lowest BCUT2D eigenvalue weighted by atomic mass is 9.77. The summed E-state index contributed by atoms with van der Waals surface area (Å²) in [4.78, 5) is 13.1. The van der Waals surface area contributed by atoms with Crippen LogP contribution in [0, 0.1) is 5.41 Å². The molecule has 0 aromatic rings.